The van der Waals surface area contributed by atoms with Crippen molar-refractivity contribution in [2.45, 2.75) is 52.1 Å². The average Bonchev–Trinajstić information content (AvgIpc) is 2.87. The standard InChI is InChI=1S/C14H23N3O/c1-3-15-13(12-6-4-5-7-12)10-17-9-11(2)8-16-14(17)18/h8-9,12-13,15H,3-7,10H2,1-2H3. The third-order valence-electron chi connectivity index (χ3n) is 3.81. The van der Waals surface area contributed by atoms with Gasteiger partial charge in [0.15, 0.2) is 0 Å². The van der Waals surface area contributed by atoms with Crippen molar-refractivity contribution in [2.24, 2.45) is 5.92 Å². The molecule has 1 unspecified atom stereocenters. The number of rotatable bonds is 5. The normalized spacial score (nSPS) is 18.1. The molecule has 1 aromatic heterocycles. The molecule has 1 aliphatic rings. The van der Waals surface area contributed by atoms with Gasteiger partial charge in [-0.2, -0.15) is 0 Å². The second-order valence-electron chi connectivity index (χ2n) is 5.27. The predicted molar refractivity (Wildman–Crippen MR) is 72.7 cm³/mol. The van der Waals surface area contributed by atoms with Gasteiger partial charge >= 0.3 is 5.69 Å². The Kier molecular flexibility index (Phi) is 4.53. The Labute approximate surface area is 108 Å². The number of aromatic nitrogens is 2. The Morgan fingerprint density at radius 2 is 2.22 bits per heavy atom. The number of hydrogen-bond acceptors (Lipinski definition) is 3. The summed E-state index contributed by atoms with van der Waals surface area (Å²) < 4.78 is 1.75. The molecule has 2 rings (SSSR count). The molecule has 1 aromatic rings. The lowest BCUT2D eigenvalue weighted by Crippen LogP contribution is -2.41. The molecule has 1 heterocycles. The molecular weight excluding hydrogens is 226 g/mol. The van der Waals surface area contributed by atoms with E-state index in [1.54, 1.807) is 10.8 Å². The first-order valence-corrected chi connectivity index (χ1v) is 6.97. The monoisotopic (exact) mass is 249 g/mol. The van der Waals surface area contributed by atoms with E-state index >= 15 is 0 Å². The van der Waals surface area contributed by atoms with Crippen molar-refractivity contribution in [3.05, 3.63) is 28.4 Å². The Morgan fingerprint density at radius 3 is 2.89 bits per heavy atom. The zero-order valence-corrected chi connectivity index (χ0v) is 11.4. The lowest BCUT2D eigenvalue weighted by atomic mass is 9.98. The van der Waals surface area contributed by atoms with Gasteiger partial charge in [0.25, 0.3) is 0 Å². The van der Waals surface area contributed by atoms with Crippen molar-refractivity contribution in [1.82, 2.24) is 14.9 Å². The van der Waals surface area contributed by atoms with E-state index in [9.17, 15) is 4.79 Å². The van der Waals surface area contributed by atoms with Gasteiger partial charge in [-0.05, 0) is 37.8 Å². The zero-order chi connectivity index (χ0) is 13.0. The third kappa shape index (κ3) is 3.19. The number of hydrogen-bond donors (Lipinski definition) is 1. The van der Waals surface area contributed by atoms with Crippen LogP contribution in [0.2, 0.25) is 0 Å². The summed E-state index contributed by atoms with van der Waals surface area (Å²) in [4.78, 5) is 15.6. The van der Waals surface area contributed by atoms with E-state index in [0.717, 1.165) is 18.7 Å². The van der Waals surface area contributed by atoms with Crippen molar-refractivity contribution >= 4 is 0 Å². The maximum Gasteiger partial charge on any atom is 0.347 e. The van der Waals surface area contributed by atoms with Crippen LogP contribution in [0.15, 0.2) is 17.2 Å². The molecule has 4 heteroatoms. The molecule has 0 aliphatic heterocycles. The fraction of sp³-hybridized carbons (Fsp3) is 0.714. The van der Waals surface area contributed by atoms with E-state index in [1.165, 1.54) is 25.7 Å². The van der Waals surface area contributed by atoms with E-state index < -0.39 is 0 Å². The second-order valence-corrected chi connectivity index (χ2v) is 5.27. The van der Waals surface area contributed by atoms with Crippen molar-refractivity contribution in [1.29, 1.82) is 0 Å². The number of likely N-dealkylation sites (N-methyl/N-ethyl adjacent to an activating group) is 1. The van der Waals surface area contributed by atoms with Crippen LogP contribution in [0.4, 0.5) is 0 Å². The Morgan fingerprint density at radius 1 is 1.50 bits per heavy atom. The summed E-state index contributed by atoms with van der Waals surface area (Å²) in [6.45, 7) is 5.79. The average molecular weight is 249 g/mol. The Bertz CT molecular complexity index is 435. The van der Waals surface area contributed by atoms with Gasteiger partial charge in [-0.15, -0.1) is 0 Å². The van der Waals surface area contributed by atoms with Crippen molar-refractivity contribution in [3.8, 4) is 0 Å². The van der Waals surface area contributed by atoms with Crippen molar-refractivity contribution in [3.63, 3.8) is 0 Å². The van der Waals surface area contributed by atoms with Gasteiger partial charge in [-0.1, -0.05) is 19.8 Å². The first kappa shape index (κ1) is 13.3. The molecule has 1 saturated carbocycles. The quantitative estimate of drug-likeness (QED) is 0.864. The lowest BCUT2D eigenvalue weighted by molar-refractivity contribution is 0.322. The second kappa shape index (κ2) is 6.14. The SMILES string of the molecule is CCNC(Cn1cc(C)cnc1=O)C1CCCC1. The summed E-state index contributed by atoms with van der Waals surface area (Å²) in [5.74, 6) is 0.706. The molecule has 1 N–H and O–H groups in total. The summed E-state index contributed by atoms with van der Waals surface area (Å²) in [6, 6.07) is 0.402. The highest BCUT2D eigenvalue weighted by molar-refractivity contribution is 5.00. The van der Waals surface area contributed by atoms with Crippen LogP contribution in [0.3, 0.4) is 0 Å². The van der Waals surface area contributed by atoms with Crippen molar-refractivity contribution < 1.29 is 0 Å². The Hall–Kier alpha value is -1.16. The van der Waals surface area contributed by atoms with E-state index in [0.29, 0.717) is 12.0 Å². The molecule has 0 saturated heterocycles. The zero-order valence-electron chi connectivity index (χ0n) is 11.4. The van der Waals surface area contributed by atoms with Gasteiger partial charge < -0.3 is 5.32 Å². The summed E-state index contributed by atoms with van der Waals surface area (Å²) >= 11 is 0. The molecule has 1 fully saturated rings. The van der Waals surface area contributed by atoms with Gasteiger partial charge in [-0.3, -0.25) is 4.57 Å². The minimum absolute atomic E-state index is 0.138. The van der Waals surface area contributed by atoms with Gasteiger partial charge in [0.05, 0.1) is 0 Å². The molecule has 0 bridgehead atoms. The molecule has 100 valence electrons. The molecule has 0 amide bonds. The highest BCUT2D eigenvalue weighted by Gasteiger charge is 2.24. The van der Waals surface area contributed by atoms with Crippen LogP contribution in [0.25, 0.3) is 0 Å². The maximum absolute atomic E-state index is 11.8. The van der Waals surface area contributed by atoms with E-state index in [2.05, 4.69) is 17.2 Å². The van der Waals surface area contributed by atoms with Crippen molar-refractivity contribution in [2.75, 3.05) is 6.54 Å². The van der Waals surface area contributed by atoms with Crippen LogP contribution in [-0.4, -0.2) is 22.1 Å². The highest BCUT2D eigenvalue weighted by atomic mass is 16.1. The topological polar surface area (TPSA) is 46.9 Å². The first-order chi connectivity index (χ1) is 8.70. The predicted octanol–water partition coefficient (Wildman–Crippen LogP) is 1.72. The molecule has 1 atom stereocenters. The largest absolute Gasteiger partial charge is 0.347 e. The van der Waals surface area contributed by atoms with Crippen LogP contribution in [0.1, 0.15) is 38.2 Å². The van der Waals surface area contributed by atoms with Gasteiger partial charge in [0.1, 0.15) is 0 Å². The van der Waals surface area contributed by atoms with Crippen LogP contribution in [0, 0.1) is 12.8 Å². The molecule has 0 radical (unpaired) electrons. The molecule has 0 aromatic carbocycles. The molecule has 18 heavy (non-hydrogen) atoms. The third-order valence-corrected chi connectivity index (χ3v) is 3.81. The summed E-state index contributed by atoms with van der Waals surface area (Å²) in [6.07, 6.45) is 8.77. The fourth-order valence-electron chi connectivity index (χ4n) is 2.91. The number of nitrogens with one attached hydrogen (secondary N) is 1. The summed E-state index contributed by atoms with van der Waals surface area (Å²) in [5, 5.41) is 3.53. The summed E-state index contributed by atoms with van der Waals surface area (Å²) in [5.41, 5.74) is 0.901. The molecule has 1 aliphatic carbocycles. The minimum atomic E-state index is -0.138. The van der Waals surface area contributed by atoms with E-state index in [-0.39, 0.29) is 5.69 Å². The van der Waals surface area contributed by atoms with Crippen LogP contribution in [0.5, 0.6) is 0 Å². The fourth-order valence-corrected chi connectivity index (χ4v) is 2.91. The number of nitrogens with zero attached hydrogens (tertiary/aromatic N) is 2. The van der Waals surface area contributed by atoms with Gasteiger partial charge in [0.2, 0.25) is 0 Å². The van der Waals surface area contributed by atoms with Crippen LogP contribution < -0.4 is 11.0 Å². The molecule has 0 spiro atoms. The Balaban J connectivity index is 2.12. The van der Waals surface area contributed by atoms with Crippen LogP contribution >= 0.6 is 0 Å². The molecule has 4 nitrogen and oxygen atoms in total. The van der Waals surface area contributed by atoms with Gasteiger partial charge in [0, 0.05) is 25.0 Å². The molecular formula is C14H23N3O. The minimum Gasteiger partial charge on any atom is -0.312 e. The van der Waals surface area contributed by atoms with E-state index in [1.807, 2.05) is 13.1 Å². The number of aryl methyl sites for hydroxylation is 1. The summed E-state index contributed by atoms with van der Waals surface area (Å²) in [7, 11) is 0. The smallest absolute Gasteiger partial charge is 0.312 e. The lowest BCUT2D eigenvalue weighted by Gasteiger charge is -2.25. The maximum atomic E-state index is 11.8. The van der Waals surface area contributed by atoms with Gasteiger partial charge in [-0.25, -0.2) is 9.78 Å². The van der Waals surface area contributed by atoms with E-state index in [4.69, 9.17) is 0 Å². The first-order valence-electron chi connectivity index (χ1n) is 6.97. The van der Waals surface area contributed by atoms with Crippen LogP contribution in [-0.2, 0) is 6.54 Å². The highest BCUT2D eigenvalue weighted by Crippen LogP contribution is 2.28.